The van der Waals surface area contributed by atoms with E-state index < -0.39 is 0 Å². The van der Waals surface area contributed by atoms with E-state index in [-0.39, 0.29) is 11.7 Å². The van der Waals surface area contributed by atoms with Crippen molar-refractivity contribution in [3.05, 3.63) is 49.6 Å². The normalized spacial score (nSPS) is 13.7. The van der Waals surface area contributed by atoms with E-state index in [1.54, 1.807) is 29.4 Å². The van der Waals surface area contributed by atoms with Gasteiger partial charge in [0.25, 0.3) is 5.91 Å². The summed E-state index contributed by atoms with van der Waals surface area (Å²) in [4.78, 5) is 15.4. The Morgan fingerprint density at radius 1 is 1.27 bits per heavy atom. The second-order valence-corrected chi connectivity index (χ2v) is 7.65. The lowest BCUT2D eigenvalue weighted by Gasteiger charge is -2.21. The molecule has 3 rings (SSSR count). The highest BCUT2D eigenvalue weighted by atomic mass is 79.9. The lowest BCUT2D eigenvalue weighted by atomic mass is 9.89. The van der Waals surface area contributed by atoms with Gasteiger partial charge in [0.1, 0.15) is 5.75 Å². The molecule has 0 atom stereocenters. The van der Waals surface area contributed by atoms with Gasteiger partial charge in [-0.25, -0.2) is 0 Å². The summed E-state index contributed by atoms with van der Waals surface area (Å²) in [5.74, 6) is -0.0275. The fraction of sp³-hybridized carbons (Fsp3) is 0.353. The van der Waals surface area contributed by atoms with Gasteiger partial charge >= 0.3 is 0 Å². The van der Waals surface area contributed by atoms with Crippen LogP contribution in [0, 0.1) is 0 Å². The van der Waals surface area contributed by atoms with Crippen molar-refractivity contribution in [1.29, 1.82) is 0 Å². The van der Waals surface area contributed by atoms with Gasteiger partial charge in [0.05, 0.1) is 12.1 Å². The third kappa shape index (κ3) is 3.20. The zero-order valence-electron chi connectivity index (χ0n) is 12.4. The fourth-order valence-electron chi connectivity index (χ4n) is 2.89. The van der Waals surface area contributed by atoms with E-state index in [1.165, 1.54) is 11.1 Å². The molecule has 1 aromatic carbocycles. The first-order valence-corrected chi connectivity index (χ1v) is 9.05. The monoisotopic (exact) mass is 379 g/mol. The minimum Gasteiger partial charge on any atom is -0.507 e. The standard InChI is InChI=1S/C17H18BrNO2S/c1-19(9-14-8-13(18)10-22-14)17(21)15-6-11-4-2-3-5-12(11)7-16(15)20/h6-8,10,20H,2-5,9H2,1H3. The van der Waals surface area contributed by atoms with Crippen molar-refractivity contribution in [2.75, 3.05) is 7.05 Å². The second kappa shape index (κ2) is 6.42. The lowest BCUT2D eigenvalue weighted by Crippen LogP contribution is -2.26. The average molecular weight is 380 g/mol. The zero-order chi connectivity index (χ0) is 15.7. The van der Waals surface area contributed by atoms with Gasteiger partial charge in [0.15, 0.2) is 0 Å². The Kier molecular flexibility index (Phi) is 4.54. The summed E-state index contributed by atoms with van der Waals surface area (Å²) >= 11 is 5.04. The van der Waals surface area contributed by atoms with Gasteiger partial charge in [-0.2, -0.15) is 0 Å². The Labute approximate surface area is 142 Å². The SMILES string of the molecule is CN(Cc1cc(Br)cs1)C(=O)c1cc2c(cc1O)CCCC2. The van der Waals surface area contributed by atoms with E-state index in [0.717, 1.165) is 35.0 Å². The molecule has 0 saturated carbocycles. The number of aromatic hydroxyl groups is 1. The molecule has 1 aromatic heterocycles. The van der Waals surface area contributed by atoms with Crippen LogP contribution in [0.5, 0.6) is 5.75 Å². The minimum absolute atomic E-state index is 0.102. The summed E-state index contributed by atoms with van der Waals surface area (Å²) in [5.41, 5.74) is 2.81. The number of phenols is 1. The van der Waals surface area contributed by atoms with Gasteiger partial charge in [0, 0.05) is 21.8 Å². The number of rotatable bonds is 3. The molecule has 22 heavy (non-hydrogen) atoms. The molecule has 3 nitrogen and oxygen atoms in total. The number of carbonyl (C=O) groups excluding carboxylic acids is 1. The Morgan fingerprint density at radius 3 is 2.59 bits per heavy atom. The van der Waals surface area contributed by atoms with Crippen molar-refractivity contribution in [2.45, 2.75) is 32.2 Å². The molecular formula is C17H18BrNO2S. The van der Waals surface area contributed by atoms with Crippen molar-refractivity contribution in [2.24, 2.45) is 0 Å². The van der Waals surface area contributed by atoms with Crippen LogP contribution in [0.1, 0.15) is 39.2 Å². The molecule has 0 saturated heterocycles. The quantitative estimate of drug-likeness (QED) is 0.859. The molecule has 0 unspecified atom stereocenters. The van der Waals surface area contributed by atoms with Gasteiger partial charge in [-0.05, 0) is 70.9 Å². The second-order valence-electron chi connectivity index (χ2n) is 5.74. The van der Waals surface area contributed by atoms with Crippen LogP contribution in [0.3, 0.4) is 0 Å². The third-order valence-electron chi connectivity index (χ3n) is 4.05. The molecule has 1 amide bonds. The first kappa shape index (κ1) is 15.6. The molecule has 5 heteroatoms. The summed E-state index contributed by atoms with van der Waals surface area (Å²) in [7, 11) is 1.77. The zero-order valence-corrected chi connectivity index (χ0v) is 14.8. The molecule has 2 aromatic rings. The topological polar surface area (TPSA) is 40.5 Å². The molecular weight excluding hydrogens is 362 g/mol. The van der Waals surface area contributed by atoms with E-state index >= 15 is 0 Å². The Morgan fingerprint density at radius 2 is 1.95 bits per heavy atom. The van der Waals surface area contributed by atoms with Crippen molar-refractivity contribution < 1.29 is 9.90 Å². The molecule has 0 spiro atoms. The van der Waals surface area contributed by atoms with Crippen LogP contribution in [-0.4, -0.2) is 23.0 Å². The largest absolute Gasteiger partial charge is 0.507 e. The maximum Gasteiger partial charge on any atom is 0.257 e. The van der Waals surface area contributed by atoms with Crippen molar-refractivity contribution in [3.8, 4) is 5.75 Å². The van der Waals surface area contributed by atoms with E-state index in [9.17, 15) is 9.90 Å². The maximum atomic E-state index is 12.6. The molecule has 0 radical (unpaired) electrons. The first-order valence-electron chi connectivity index (χ1n) is 7.37. The number of aryl methyl sites for hydroxylation is 2. The molecule has 1 aliphatic rings. The predicted octanol–water partition coefficient (Wildman–Crippen LogP) is 4.37. The number of hydrogen-bond acceptors (Lipinski definition) is 3. The van der Waals surface area contributed by atoms with Crippen molar-refractivity contribution in [1.82, 2.24) is 4.90 Å². The van der Waals surface area contributed by atoms with Gasteiger partial charge in [-0.3, -0.25) is 4.79 Å². The molecule has 1 aliphatic carbocycles. The first-order chi connectivity index (χ1) is 10.5. The van der Waals surface area contributed by atoms with Crippen molar-refractivity contribution in [3.63, 3.8) is 0 Å². The van der Waals surface area contributed by atoms with Crippen LogP contribution >= 0.6 is 27.3 Å². The van der Waals surface area contributed by atoms with E-state index in [2.05, 4.69) is 15.9 Å². The Balaban J connectivity index is 1.82. The number of thiophene rings is 1. The summed E-state index contributed by atoms with van der Waals surface area (Å²) in [6.07, 6.45) is 4.31. The molecule has 1 heterocycles. The van der Waals surface area contributed by atoms with Gasteiger partial charge < -0.3 is 10.0 Å². The molecule has 0 bridgehead atoms. The van der Waals surface area contributed by atoms with Crippen LogP contribution in [0.2, 0.25) is 0 Å². The number of amides is 1. The van der Waals surface area contributed by atoms with Crippen LogP contribution < -0.4 is 0 Å². The van der Waals surface area contributed by atoms with Gasteiger partial charge in [-0.1, -0.05) is 0 Å². The summed E-state index contributed by atoms with van der Waals surface area (Å²) in [6, 6.07) is 5.67. The summed E-state index contributed by atoms with van der Waals surface area (Å²) < 4.78 is 1.03. The van der Waals surface area contributed by atoms with Gasteiger partial charge in [-0.15, -0.1) is 11.3 Å². The van der Waals surface area contributed by atoms with E-state index in [4.69, 9.17) is 0 Å². The highest BCUT2D eigenvalue weighted by Gasteiger charge is 2.20. The number of phenolic OH excluding ortho intramolecular Hbond substituents is 1. The van der Waals surface area contributed by atoms with Gasteiger partial charge in [0.2, 0.25) is 0 Å². The minimum atomic E-state index is -0.129. The maximum absolute atomic E-state index is 12.6. The highest BCUT2D eigenvalue weighted by molar-refractivity contribution is 9.10. The predicted molar refractivity (Wildman–Crippen MR) is 92.6 cm³/mol. The van der Waals surface area contributed by atoms with Crippen LogP contribution in [-0.2, 0) is 19.4 Å². The fourth-order valence-corrected chi connectivity index (χ4v) is 4.40. The average Bonchev–Trinajstić information content (AvgIpc) is 2.91. The Hall–Kier alpha value is -1.33. The number of halogens is 1. The number of benzene rings is 1. The molecule has 0 aliphatic heterocycles. The van der Waals surface area contributed by atoms with E-state index in [0.29, 0.717) is 12.1 Å². The smallest absolute Gasteiger partial charge is 0.257 e. The molecule has 0 fully saturated rings. The van der Waals surface area contributed by atoms with E-state index in [1.807, 2.05) is 17.5 Å². The summed E-state index contributed by atoms with van der Waals surface area (Å²) in [5, 5.41) is 12.2. The van der Waals surface area contributed by atoms with Crippen LogP contribution in [0.15, 0.2) is 28.1 Å². The number of carbonyl (C=O) groups is 1. The highest BCUT2D eigenvalue weighted by Crippen LogP contribution is 2.29. The Bertz CT molecular complexity index is 711. The van der Waals surface area contributed by atoms with Crippen LogP contribution in [0.4, 0.5) is 0 Å². The third-order valence-corrected chi connectivity index (χ3v) is 5.73. The summed E-state index contributed by atoms with van der Waals surface area (Å²) in [6.45, 7) is 0.547. The lowest BCUT2D eigenvalue weighted by molar-refractivity contribution is 0.0783. The number of hydrogen-bond donors (Lipinski definition) is 1. The molecule has 116 valence electrons. The number of fused-ring (bicyclic) bond motifs is 1. The van der Waals surface area contributed by atoms with Crippen molar-refractivity contribution >= 4 is 33.2 Å². The van der Waals surface area contributed by atoms with Crippen LogP contribution in [0.25, 0.3) is 0 Å². The number of nitrogens with zero attached hydrogens (tertiary/aromatic N) is 1. The molecule has 1 N–H and O–H groups in total.